The first-order valence-corrected chi connectivity index (χ1v) is 9.94. The van der Waals surface area contributed by atoms with E-state index in [1.807, 2.05) is 0 Å². The van der Waals surface area contributed by atoms with E-state index in [2.05, 4.69) is 31.1 Å². The fourth-order valence-corrected chi connectivity index (χ4v) is 2.05. The highest BCUT2D eigenvalue weighted by Crippen LogP contribution is 2.45. The van der Waals surface area contributed by atoms with E-state index in [1.165, 1.54) is 14.2 Å². The van der Waals surface area contributed by atoms with Gasteiger partial charge >= 0.3 is 7.60 Å². The molecule has 0 aliphatic heterocycles. The number of hydrogen-bond acceptors (Lipinski definition) is 3. The lowest BCUT2D eigenvalue weighted by Gasteiger charge is -2.09. The van der Waals surface area contributed by atoms with Gasteiger partial charge in [-0.2, -0.15) is 0 Å². The third-order valence-corrected chi connectivity index (χ3v) is 4.20. The molecule has 0 radical (unpaired) electrons. The summed E-state index contributed by atoms with van der Waals surface area (Å²) >= 11 is 0. The van der Waals surface area contributed by atoms with Crippen molar-refractivity contribution in [2.24, 2.45) is 0 Å². The number of hydrogen-bond donors (Lipinski definition) is 0. The van der Waals surface area contributed by atoms with Crippen LogP contribution >= 0.6 is 7.60 Å². The predicted octanol–water partition coefficient (Wildman–Crippen LogP) is 2.91. The summed E-state index contributed by atoms with van der Waals surface area (Å²) in [6.45, 7) is 6.51. The van der Waals surface area contributed by atoms with Crippen molar-refractivity contribution in [2.75, 3.05) is 20.4 Å². The first kappa shape index (κ1) is 14.7. The van der Waals surface area contributed by atoms with Crippen molar-refractivity contribution < 1.29 is 13.6 Å². The van der Waals surface area contributed by atoms with Crippen LogP contribution in [0, 0.1) is 11.5 Å². The van der Waals surface area contributed by atoms with Gasteiger partial charge in [-0.3, -0.25) is 4.57 Å². The summed E-state index contributed by atoms with van der Waals surface area (Å²) in [6, 6.07) is 0. The minimum absolute atomic E-state index is 0.264. The molecule has 0 rings (SSSR count). The van der Waals surface area contributed by atoms with Gasteiger partial charge in [-0.25, -0.2) is 0 Å². The van der Waals surface area contributed by atoms with E-state index >= 15 is 0 Å². The van der Waals surface area contributed by atoms with Crippen LogP contribution in [-0.4, -0.2) is 28.5 Å². The van der Waals surface area contributed by atoms with E-state index in [0.717, 1.165) is 0 Å². The van der Waals surface area contributed by atoms with Crippen molar-refractivity contribution in [1.82, 2.24) is 0 Å². The SMILES string of the molecule is COP(=O)(CC=CC#C[Si](C)(C)C)OC. The minimum Gasteiger partial charge on any atom is -0.312 e. The Hall–Kier alpha value is -0.333. The first-order valence-electron chi connectivity index (χ1n) is 4.71. The molecule has 0 aliphatic carbocycles. The zero-order valence-electron chi connectivity index (χ0n) is 10.0. The molecular weight excluding hydrogens is 227 g/mol. The molecule has 0 amide bonds. The maximum Gasteiger partial charge on any atom is 0.333 e. The second-order valence-electron chi connectivity index (χ2n) is 4.08. The Morgan fingerprint density at radius 3 is 2.20 bits per heavy atom. The minimum atomic E-state index is -2.91. The summed E-state index contributed by atoms with van der Waals surface area (Å²) in [6.07, 6.45) is 3.70. The second-order valence-corrected chi connectivity index (χ2v) is 11.1. The Balaban J connectivity index is 4.21. The van der Waals surface area contributed by atoms with E-state index in [0.29, 0.717) is 0 Å². The van der Waals surface area contributed by atoms with E-state index in [4.69, 9.17) is 9.05 Å². The average molecular weight is 246 g/mol. The zero-order valence-corrected chi connectivity index (χ0v) is 11.9. The van der Waals surface area contributed by atoms with Crippen LogP contribution in [0.25, 0.3) is 0 Å². The quantitative estimate of drug-likeness (QED) is 0.434. The fourth-order valence-electron chi connectivity index (χ4n) is 0.723. The van der Waals surface area contributed by atoms with Crippen molar-refractivity contribution in [1.29, 1.82) is 0 Å². The van der Waals surface area contributed by atoms with Gasteiger partial charge in [0.15, 0.2) is 0 Å². The molecule has 0 aromatic carbocycles. The predicted molar refractivity (Wildman–Crippen MR) is 66.8 cm³/mol. The summed E-state index contributed by atoms with van der Waals surface area (Å²) in [5.41, 5.74) is 3.17. The van der Waals surface area contributed by atoms with Gasteiger partial charge in [0.1, 0.15) is 8.07 Å². The lowest BCUT2D eigenvalue weighted by atomic mass is 10.5. The number of allylic oxidation sites excluding steroid dienone is 2. The second kappa shape index (κ2) is 6.29. The van der Waals surface area contributed by atoms with E-state index in [1.54, 1.807) is 12.2 Å². The average Bonchev–Trinajstić information content (AvgIpc) is 2.15. The van der Waals surface area contributed by atoms with Crippen molar-refractivity contribution in [3.63, 3.8) is 0 Å². The van der Waals surface area contributed by atoms with Gasteiger partial charge in [0, 0.05) is 14.2 Å². The van der Waals surface area contributed by atoms with Crippen LogP contribution in [0.4, 0.5) is 0 Å². The summed E-state index contributed by atoms with van der Waals surface area (Å²) < 4.78 is 21.1. The molecule has 0 N–H and O–H groups in total. The van der Waals surface area contributed by atoms with Crippen LogP contribution in [-0.2, 0) is 13.6 Å². The molecule has 0 saturated heterocycles. The van der Waals surface area contributed by atoms with E-state index in [9.17, 15) is 4.57 Å². The van der Waals surface area contributed by atoms with Gasteiger partial charge in [-0.1, -0.05) is 31.6 Å². The third kappa shape index (κ3) is 7.58. The van der Waals surface area contributed by atoms with Crippen LogP contribution in [0.5, 0.6) is 0 Å². The van der Waals surface area contributed by atoms with Crippen LogP contribution < -0.4 is 0 Å². The van der Waals surface area contributed by atoms with Gasteiger partial charge in [0.2, 0.25) is 0 Å². The Labute approximate surface area is 93.4 Å². The third-order valence-electron chi connectivity index (χ3n) is 1.53. The van der Waals surface area contributed by atoms with Gasteiger partial charge in [-0.15, -0.1) is 5.54 Å². The molecule has 0 aromatic heterocycles. The van der Waals surface area contributed by atoms with Gasteiger partial charge < -0.3 is 9.05 Å². The highest BCUT2D eigenvalue weighted by atomic mass is 31.2. The van der Waals surface area contributed by atoms with Gasteiger partial charge in [-0.05, 0) is 6.08 Å². The summed E-state index contributed by atoms with van der Waals surface area (Å²) in [5, 5.41) is 0. The fraction of sp³-hybridized carbons (Fsp3) is 0.600. The molecule has 0 bridgehead atoms. The van der Waals surface area contributed by atoms with Crippen LogP contribution in [0.2, 0.25) is 19.6 Å². The lowest BCUT2D eigenvalue weighted by Crippen LogP contribution is -2.16. The standard InChI is InChI=1S/C10H19O3PSi/c1-12-14(11,13-2)9-7-6-8-10-15(3,4)5/h6-7H,9H2,1-5H3. The summed E-state index contributed by atoms with van der Waals surface area (Å²) in [7, 11) is -1.46. The molecule has 0 fully saturated rings. The van der Waals surface area contributed by atoms with Crippen molar-refractivity contribution >= 4 is 15.7 Å². The molecule has 3 nitrogen and oxygen atoms in total. The summed E-state index contributed by atoms with van der Waals surface area (Å²) in [5.74, 6) is 2.95. The molecule has 0 aliphatic rings. The van der Waals surface area contributed by atoms with Gasteiger partial charge in [0.25, 0.3) is 0 Å². The normalized spacial score (nSPS) is 12.6. The smallest absolute Gasteiger partial charge is 0.312 e. The molecule has 0 atom stereocenters. The van der Waals surface area contributed by atoms with Crippen molar-refractivity contribution in [3.8, 4) is 11.5 Å². The largest absolute Gasteiger partial charge is 0.333 e. The molecule has 0 unspecified atom stereocenters. The van der Waals surface area contributed by atoms with Crippen LogP contribution in [0.1, 0.15) is 0 Å². The molecule has 15 heavy (non-hydrogen) atoms. The Morgan fingerprint density at radius 1 is 1.27 bits per heavy atom. The molecule has 86 valence electrons. The molecule has 0 saturated carbocycles. The van der Waals surface area contributed by atoms with Crippen LogP contribution in [0.3, 0.4) is 0 Å². The lowest BCUT2D eigenvalue weighted by molar-refractivity contribution is 0.279. The Bertz CT molecular complexity index is 312. The summed E-state index contributed by atoms with van der Waals surface area (Å²) in [4.78, 5) is 0. The van der Waals surface area contributed by atoms with Crippen molar-refractivity contribution in [3.05, 3.63) is 12.2 Å². The Kier molecular flexibility index (Phi) is 6.15. The highest BCUT2D eigenvalue weighted by Gasteiger charge is 2.17. The Morgan fingerprint density at radius 2 is 1.80 bits per heavy atom. The molecule has 5 heteroatoms. The van der Waals surface area contributed by atoms with Crippen molar-refractivity contribution in [2.45, 2.75) is 19.6 Å². The molecular formula is C10H19O3PSi. The monoisotopic (exact) mass is 246 g/mol. The topological polar surface area (TPSA) is 35.5 Å². The first-order chi connectivity index (χ1) is 6.83. The molecule has 0 aromatic rings. The van der Waals surface area contributed by atoms with Crippen LogP contribution in [0.15, 0.2) is 12.2 Å². The molecule has 0 spiro atoms. The zero-order chi connectivity index (χ0) is 11.9. The number of rotatable bonds is 4. The van der Waals surface area contributed by atoms with E-state index in [-0.39, 0.29) is 6.16 Å². The maximum absolute atomic E-state index is 11.6. The van der Waals surface area contributed by atoms with Gasteiger partial charge in [0.05, 0.1) is 6.16 Å². The maximum atomic E-state index is 11.6. The molecule has 0 heterocycles. The highest BCUT2D eigenvalue weighted by molar-refractivity contribution is 7.54. The van der Waals surface area contributed by atoms with E-state index < -0.39 is 15.7 Å².